The molecule has 1 atom stereocenters. The molecule has 0 spiro atoms. The molecule has 3 aromatic carbocycles. The molecule has 0 aromatic heterocycles. The van der Waals surface area contributed by atoms with Crippen molar-refractivity contribution in [1.29, 1.82) is 0 Å². The van der Waals surface area contributed by atoms with Crippen molar-refractivity contribution in [2.75, 3.05) is 5.32 Å². The zero-order valence-electron chi connectivity index (χ0n) is 16.4. The standard InChI is InChI=1S/C25H24ClNO/c1-16-7-4-9-19(13-16)25(20-10-5-8-17(2)14-20)15-21(25)24(28)27-23-12-6-11-22(26)18(23)3/h4-14,21H,15H2,1-3H3,(H,27,28)/t21-/m0/s1. The summed E-state index contributed by atoms with van der Waals surface area (Å²) in [4.78, 5) is 13.2. The molecule has 0 radical (unpaired) electrons. The van der Waals surface area contributed by atoms with E-state index in [-0.39, 0.29) is 17.2 Å². The summed E-state index contributed by atoms with van der Waals surface area (Å²) in [7, 11) is 0. The van der Waals surface area contributed by atoms with Gasteiger partial charge in [-0.15, -0.1) is 0 Å². The lowest BCUT2D eigenvalue weighted by Gasteiger charge is -2.20. The van der Waals surface area contributed by atoms with Gasteiger partial charge >= 0.3 is 0 Å². The molecule has 2 nitrogen and oxygen atoms in total. The number of aryl methyl sites for hydroxylation is 2. The van der Waals surface area contributed by atoms with E-state index in [1.807, 2.05) is 25.1 Å². The van der Waals surface area contributed by atoms with Gasteiger partial charge in [-0.25, -0.2) is 0 Å². The predicted molar refractivity (Wildman–Crippen MR) is 116 cm³/mol. The highest BCUT2D eigenvalue weighted by Crippen LogP contribution is 2.59. The topological polar surface area (TPSA) is 29.1 Å². The van der Waals surface area contributed by atoms with E-state index in [1.165, 1.54) is 22.3 Å². The van der Waals surface area contributed by atoms with Gasteiger partial charge < -0.3 is 5.32 Å². The van der Waals surface area contributed by atoms with Crippen LogP contribution in [-0.2, 0) is 10.2 Å². The van der Waals surface area contributed by atoms with Gasteiger partial charge in [-0.05, 0) is 56.0 Å². The molecule has 142 valence electrons. The van der Waals surface area contributed by atoms with E-state index < -0.39 is 0 Å². The fourth-order valence-electron chi connectivity index (χ4n) is 4.19. The normalized spacial score (nSPS) is 17.2. The van der Waals surface area contributed by atoms with Gasteiger partial charge in [0.1, 0.15) is 0 Å². The third kappa shape index (κ3) is 3.22. The van der Waals surface area contributed by atoms with Gasteiger partial charge in [0.15, 0.2) is 0 Å². The Hall–Kier alpha value is -2.58. The van der Waals surface area contributed by atoms with Crippen LogP contribution in [0.25, 0.3) is 0 Å². The van der Waals surface area contributed by atoms with Crippen LogP contribution < -0.4 is 5.32 Å². The van der Waals surface area contributed by atoms with Gasteiger partial charge in [-0.1, -0.05) is 77.3 Å². The van der Waals surface area contributed by atoms with Crippen LogP contribution in [0.1, 0.15) is 34.2 Å². The molecule has 1 fully saturated rings. The Labute approximate surface area is 171 Å². The molecule has 3 aromatic rings. The molecule has 0 heterocycles. The zero-order chi connectivity index (χ0) is 19.9. The average molecular weight is 390 g/mol. The summed E-state index contributed by atoms with van der Waals surface area (Å²) < 4.78 is 0. The summed E-state index contributed by atoms with van der Waals surface area (Å²) in [5, 5.41) is 3.78. The Morgan fingerprint density at radius 3 is 2.07 bits per heavy atom. The number of carbonyl (C=O) groups is 1. The van der Waals surface area contributed by atoms with E-state index >= 15 is 0 Å². The molecule has 28 heavy (non-hydrogen) atoms. The first-order valence-electron chi connectivity index (χ1n) is 9.62. The van der Waals surface area contributed by atoms with Gasteiger partial charge in [0.25, 0.3) is 0 Å². The fourth-order valence-corrected chi connectivity index (χ4v) is 4.37. The second-order valence-electron chi connectivity index (χ2n) is 7.87. The molecule has 0 aliphatic heterocycles. The Morgan fingerprint density at radius 2 is 1.50 bits per heavy atom. The second kappa shape index (κ2) is 7.10. The summed E-state index contributed by atoms with van der Waals surface area (Å²) in [6, 6.07) is 22.7. The monoisotopic (exact) mass is 389 g/mol. The number of benzene rings is 3. The van der Waals surface area contributed by atoms with Crippen LogP contribution in [0.2, 0.25) is 5.02 Å². The smallest absolute Gasteiger partial charge is 0.228 e. The van der Waals surface area contributed by atoms with Crippen molar-refractivity contribution < 1.29 is 4.79 Å². The first kappa shape index (κ1) is 18.8. The average Bonchev–Trinajstić information content (AvgIpc) is 3.43. The highest BCUT2D eigenvalue weighted by molar-refractivity contribution is 6.31. The lowest BCUT2D eigenvalue weighted by Crippen LogP contribution is -2.22. The zero-order valence-corrected chi connectivity index (χ0v) is 17.2. The van der Waals surface area contributed by atoms with Gasteiger partial charge in [0, 0.05) is 16.1 Å². The molecular weight excluding hydrogens is 366 g/mol. The molecule has 1 aliphatic rings. The molecule has 0 unspecified atom stereocenters. The molecule has 0 saturated heterocycles. The quantitative estimate of drug-likeness (QED) is 0.564. The third-order valence-corrected chi connectivity index (χ3v) is 6.28. The lowest BCUT2D eigenvalue weighted by atomic mass is 9.84. The van der Waals surface area contributed by atoms with Crippen molar-refractivity contribution in [3.05, 3.63) is 99.6 Å². The Balaban J connectivity index is 1.71. The predicted octanol–water partition coefficient (Wildman–Crippen LogP) is 6.21. The Kier molecular flexibility index (Phi) is 4.76. The molecule has 4 rings (SSSR count). The fraction of sp³-hybridized carbons (Fsp3) is 0.240. The van der Waals surface area contributed by atoms with Crippen LogP contribution in [0, 0.1) is 26.7 Å². The highest BCUT2D eigenvalue weighted by Gasteiger charge is 2.60. The highest BCUT2D eigenvalue weighted by atomic mass is 35.5. The molecule has 1 saturated carbocycles. The summed E-state index contributed by atoms with van der Waals surface area (Å²) in [6.45, 7) is 6.12. The van der Waals surface area contributed by atoms with Gasteiger partial charge in [0.2, 0.25) is 5.91 Å². The van der Waals surface area contributed by atoms with Gasteiger partial charge in [0.05, 0.1) is 5.92 Å². The molecule has 1 amide bonds. The number of carbonyl (C=O) groups excluding carboxylic acids is 1. The summed E-state index contributed by atoms with van der Waals surface area (Å²) >= 11 is 6.22. The maximum Gasteiger partial charge on any atom is 0.228 e. The van der Waals surface area contributed by atoms with Crippen LogP contribution in [0.4, 0.5) is 5.69 Å². The molecule has 1 N–H and O–H groups in total. The van der Waals surface area contributed by atoms with E-state index in [4.69, 9.17) is 11.6 Å². The van der Waals surface area contributed by atoms with Crippen LogP contribution in [0.5, 0.6) is 0 Å². The van der Waals surface area contributed by atoms with Crippen LogP contribution in [0.15, 0.2) is 66.7 Å². The minimum atomic E-state index is -0.269. The maximum absolute atomic E-state index is 13.2. The summed E-state index contributed by atoms with van der Waals surface area (Å²) in [5.74, 6) is -0.0529. The summed E-state index contributed by atoms with van der Waals surface area (Å²) in [6.07, 6.45) is 0.811. The molecule has 0 bridgehead atoms. The Bertz CT molecular complexity index is 1010. The SMILES string of the molecule is Cc1cccc(C2(c3cccc(C)c3)C[C@H]2C(=O)Nc2cccc(Cl)c2C)c1. The second-order valence-corrected chi connectivity index (χ2v) is 8.28. The van der Waals surface area contributed by atoms with Crippen LogP contribution >= 0.6 is 11.6 Å². The number of halogens is 1. The van der Waals surface area contributed by atoms with Gasteiger partial charge in [-0.3, -0.25) is 4.79 Å². The number of hydrogen-bond acceptors (Lipinski definition) is 1. The van der Waals surface area contributed by atoms with Crippen molar-refractivity contribution in [3.63, 3.8) is 0 Å². The number of amides is 1. The lowest BCUT2D eigenvalue weighted by molar-refractivity contribution is -0.117. The first-order chi connectivity index (χ1) is 13.4. The number of anilines is 1. The van der Waals surface area contributed by atoms with E-state index in [1.54, 1.807) is 0 Å². The maximum atomic E-state index is 13.2. The van der Waals surface area contributed by atoms with Crippen LogP contribution in [0.3, 0.4) is 0 Å². The third-order valence-electron chi connectivity index (χ3n) is 5.87. The van der Waals surface area contributed by atoms with Crippen molar-refractivity contribution in [2.24, 2.45) is 5.92 Å². The minimum absolute atomic E-state index is 0.0494. The van der Waals surface area contributed by atoms with E-state index in [2.05, 4.69) is 67.7 Å². The number of hydrogen-bond donors (Lipinski definition) is 1. The first-order valence-corrected chi connectivity index (χ1v) is 10.00. The van der Waals surface area contributed by atoms with Gasteiger partial charge in [-0.2, -0.15) is 0 Å². The van der Waals surface area contributed by atoms with Crippen molar-refractivity contribution >= 4 is 23.2 Å². The van der Waals surface area contributed by atoms with E-state index in [0.29, 0.717) is 5.02 Å². The number of rotatable bonds is 4. The van der Waals surface area contributed by atoms with E-state index in [9.17, 15) is 4.79 Å². The van der Waals surface area contributed by atoms with Crippen molar-refractivity contribution in [1.82, 2.24) is 0 Å². The van der Waals surface area contributed by atoms with Crippen LogP contribution in [-0.4, -0.2) is 5.91 Å². The van der Waals surface area contributed by atoms with Crippen molar-refractivity contribution in [2.45, 2.75) is 32.6 Å². The number of nitrogens with one attached hydrogen (secondary N) is 1. The minimum Gasteiger partial charge on any atom is -0.326 e. The molecule has 1 aliphatic carbocycles. The Morgan fingerprint density at radius 1 is 0.929 bits per heavy atom. The molecule has 3 heteroatoms. The summed E-state index contributed by atoms with van der Waals surface area (Å²) in [5.41, 5.74) is 6.25. The molecular formula is C25H24ClNO. The largest absolute Gasteiger partial charge is 0.326 e. The van der Waals surface area contributed by atoms with Crippen molar-refractivity contribution in [3.8, 4) is 0 Å². The van der Waals surface area contributed by atoms with E-state index in [0.717, 1.165) is 17.7 Å².